The van der Waals surface area contributed by atoms with Crippen molar-refractivity contribution in [3.8, 4) is 0 Å². The molecule has 2 aromatic rings. The van der Waals surface area contributed by atoms with E-state index in [2.05, 4.69) is 5.32 Å². The summed E-state index contributed by atoms with van der Waals surface area (Å²) in [7, 11) is -3.64. The average molecular weight is 461 g/mol. The van der Waals surface area contributed by atoms with Gasteiger partial charge in [-0.3, -0.25) is 9.59 Å². The minimum absolute atomic E-state index is 0.0195. The van der Waals surface area contributed by atoms with Gasteiger partial charge in [0.1, 0.15) is 0 Å². The van der Waals surface area contributed by atoms with E-state index < -0.39 is 15.7 Å². The molecule has 0 radical (unpaired) electrons. The van der Waals surface area contributed by atoms with E-state index in [1.807, 2.05) is 24.8 Å². The summed E-state index contributed by atoms with van der Waals surface area (Å²) in [6.07, 6.45) is 2.31. The monoisotopic (exact) mass is 460 g/mol. The zero-order valence-corrected chi connectivity index (χ0v) is 19.1. The van der Waals surface area contributed by atoms with Gasteiger partial charge in [0.05, 0.1) is 21.4 Å². The Balaban J connectivity index is 1.44. The Morgan fingerprint density at radius 2 is 1.90 bits per heavy atom. The lowest BCUT2D eigenvalue weighted by Gasteiger charge is -2.22. The lowest BCUT2D eigenvalue weighted by molar-refractivity contribution is -0.120. The Morgan fingerprint density at radius 3 is 2.58 bits per heavy atom. The first kappa shape index (κ1) is 21.8. The molecule has 0 aromatic heterocycles. The molecule has 4 rings (SSSR count). The molecule has 0 saturated heterocycles. The van der Waals surface area contributed by atoms with Crippen LogP contribution in [0.1, 0.15) is 37.3 Å². The number of aryl methyl sites for hydroxylation is 1. The first-order valence-electron chi connectivity index (χ1n) is 10.4. The molecule has 1 aliphatic carbocycles. The number of hydrogen-bond donors (Lipinski definition) is 1. The molecule has 1 atom stereocenters. The van der Waals surface area contributed by atoms with Gasteiger partial charge in [0.15, 0.2) is 9.84 Å². The van der Waals surface area contributed by atoms with Crippen molar-refractivity contribution < 1.29 is 18.0 Å². The third-order valence-electron chi connectivity index (χ3n) is 5.79. The lowest BCUT2D eigenvalue weighted by atomic mass is 10.1. The average Bonchev–Trinajstić information content (AvgIpc) is 3.50. The first-order chi connectivity index (χ1) is 14.7. The number of nitrogens with zero attached hydrogens (tertiary/aromatic N) is 1. The molecule has 1 aliphatic heterocycles. The summed E-state index contributed by atoms with van der Waals surface area (Å²) in [5.74, 6) is -0.475. The van der Waals surface area contributed by atoms with Crippen LogP contribution in [0.15, 0.2) is 41.3 Å². The number of nitrogens with one attached hydrogen (secondary N) is 1. The second-order valence-electron chi connectivity index (χ2n) is 8.43. The van der Waals surface area contributed by atoms with Gasteiger partial charge in [-0.25, -0.2) is 8.42 Å². The van der Waals surface area contributed by atoms with Gasteiger partial charge in [-0.05, 0) is 74.6 Å². The molecule has 2 aromatic carbocycles. The van der Waals surface area contributed by atoms with Crippen LogP contribution in [0.25, 0.3) is 0 Å². The Hall–Kier alpha value is -2.38. The van der Waals surface area contributed by atoms with Crippen molar-refractivity contribution in [3.05, 3.63) is 52.5 Å². The van der Waals surface area contributed by atoms with Gasteiger partial charge in [0, 0.05) is 24.1 Å². The van der Waals surface area contributed by atoms with Crippen LogP contribution in [0.3, 0.4) is 0 Å². The maximum absolute atomic E-state index is 12.8. The molecular formula is C23H25ClN2O4S. The van der Waals surface area contributed by atoms with Crippen LogP contribution >= 0.6 is 11.6 Å². The van der Waals surface area contributed by atoms with Crippen LogP contribution in [0.4, 0.5) is 11.4 Å². The summed E-state index contributed by atoms with van der Waals surface area (Å²) in [6.45, 7) is 3.87. The fourth-order valence-electron chi connectivity index (χ4n) is 3.94. The van der Waals surface area contributed by atoms with Gasteiger partial charge in [0.25, 0.3) is 0 Å². The molecule has 0 unspecified atom stereocenters. The van der Waals surface area contributed by atoms with E-state index in [9.17, 15) is 18.0 Å². The number of amides is 2. The van der Waals surface area contributed by atoms with Gasteiger partial charge in [-0.1, -0.05) is 17.7 Å². The van der Waals surface area contributed by atoms with Crippen LogP contribution in [-0.2, 0) is 25.8 Å². The van der Waals surface area contributed by atoms with Crippen molar-refractivity contribution >= 4 is 44.6 Å². The summed E-state index contributed by atoms with van der Waals surface area (Å²) in [5, 5.41) is 3.08. The highest BCUT2D eigenvalue weighted by Gasteiger charge is 2.39. The van der Waals surface area contributed by atoms with E-state index in [4.69, 9.17) is 11.6 Å². The fourth-order valence-corrected chi connectivity index (χ4v) is 5.51. The third-order valence-corrected chi connectivity index (χ3v) is 7.81. The molecule has 8 heteroatoms. The number of halogens is 1. The van der Waals surface area contributed by atoms with Crippen LogP contribution < -0.4 is 10.2 Å². The number of fused-ring (bicyclic) bond motifs is 1. The zero-order valence-electron chi connectivity index (χ0n) is 17.5. The number of carbonyl (C=O) groups is 2. The van der Waals surface area contributed by atoms with Crippen molar-refractivity contribution in [1.29, 1.82) is 0 Å². The van der Waals surface area contributed by atoms with Gasteiger partial charge in [0.2, 0.25) is 11.8 Å². The number of sulfone groups is 1. The largest absolute Gasteiger partial charge is 0.325 e. The molecule has 1 heterocycles. The summed E-state index contributed by atoms with van der Waals surface area (Å²) < 4.78 is 25.7. The Bertz CT molecular complexity index is 1160. The van der Waals surface area contributed by atoms with Crippen molar-refractivity contribution in [2.24, 2.45) is 5.92 Å². The van der Waals surface area contributed by atoms with E-state index in [0.717, 1.165) is 29.7 Å². The van der Waals surface area contributed by atoms with Gasteiger partial charge < -0.3 is 10.2 Å². The van der Waals surface area contributed by atoms with E-state index >= 15 is 0 Å². The normalized spacial score (nSPS) is 18.0. The molecule has 2 amide bonds. The van der Waals surface area contributed by atoms with Gasteiger partial charge in [-0.15, -0.1) is 0 Å². The van der Waals surface area contributed by atoms with E-state index in [1.54, 1.807) is 24.3 Å². The molecule has 1 fully saturated rings. The Labute approximate surface area is 187 Å². The van der Waals surface area contributed by atoms with Crippen LogP contribution in [0.2, 0.25) is 5.02 Å². The molecule has 0 spiro atoms. The summed E-state index contributed by atoms with van der Waals surface area (Å²) in [5.41, 5.74) is 3.09. The number of anilines is 2. The molecule has 1 saturated carbocycles. The molecule has 31 heavy (non-hydrogen) atoms. The highest BCUT2D eigenvalue weighted by atomic mass is 35.5. The predicted molar refractivity (Wildman–Crippen MR) is 121 cm³/mol. The van der Waals surface area contributed by atoms with Crippen molar-refractivity contribution in [2.75, 3.05) is 16.0 Å². The molecule has 6 nitrogen and oxygen atoms in total. The molecular weight excluding hydrogens is 436 g/mol. The molecule has 2 aliphatic rings. The van der Waals surface area contributed by atoms with Crippen molar-refractivity contribution in [1.82, 2.24) is 0 Å². The lowest BCUT2D eigenvalue weighted by Crippen LogP contribution is -2.36. The highest BCUT2D eigenvalue weighted by Crippen LogP contribution is 2.39. The second-order valence-corrected chi connectivity index (χ2v) is 10.9. The topological polar surface area (TPSA) is 83.6 Å². The maximum Gasteiger partial charge on any atom is 0.230 e. The smallest absolute Gasteiger partial charge is 0.230 e. The number of hydrogen-bond acceptors (Lipinski definition) is 4. The Morgan fingerprint density at radius 1 is 1.16 bits per heavy atom. The molecule has 0 bridgehead atoms. The zero-order chi connectivity index (χ0) is 22.3. The first-order valence-corrected chi connectivity index (χ1v) is 12.4. The van der Waals surface area contributed by atoms with E-state index in [1.165, 1.54) is 6.07 Å². The highest BCUT2D eigenvalue weighted by molar-refractivity contribution is 7.91. The van der Waals surface area contributed by atoms with Gasteiger partial charge in [-0.2, -0.15) is 0 Å². The molecule has 1 N–H and O–H groups in total. The third kappa shape index (κ3) is 4.62. The minimum atomic E-state index is -3.64. The van der Waals surface area contributed by atoms with E-state index in [0.29, 0.717) is 17.1 Å². The van der Waals surface area contributed by atoms with Gasteiger partial charge >= 0.3 is 0 Å². The molecule has 164 valence electrons. The Kier molecular flexibility index (Phi) is 5.83. The van der Waals surface area contributed by atoms with Crippen LogP contribution in [-0.4, -0.2) is 32.0 Å². The summed E-state index contributed by atoms with van der Waals surface area (Å²) in [4.78, 5) is 26.8. The number of benzene rings is 2. The summed E-state index contributed by atoms with van der Waals surface area (Å²) >= 11 is 6.12. The quantitative estimate of drug-likeness (QED) is 0.702. The minimum Gasteiger partial charge on any atom is -0.325 e. The van der Waals surface area contributed by atoms with Crippen molar-refractivity contribution in [2.45, 2.75) is 50.5 Å². The standard InChI is InChI=1S/C23H25ClN2O4S/c1-14-3-7-20(19(24)11-14)25-22(27)9-10-31(29,30)18-6-8-21-17(13-18)12-15(2)26(21)23(28)16-4-5-16/h3,6-8,11,13,15-16H,4-5,9-10,12H2,1-2H3,(H,25,27)/t15-/m0/s1. The SMILES string of the molecule is Cc1ccc(NC(=O)CCS(=O)(=O)c2ccc3c(c2)C[C@H](C)N3C(=O)C2CC2)c(Cl)c1. The van der Waals surface area contributed by atoms with Crippen LogP contribution in [0, 0.1) is 12.8 Å². The van der Waals surface area contributed by atoms with Crippen LogP contribution in [0.5, 0.6) is 0 Å². The van der Waals surface area contributed by atoms with Crippen molar-refractivity contribution in [3.63, 3.8) is 0 Å². The number of rotatable bonds is 6. The number of carbonyl (C=O) groups excluding carboxylic acids is 2. The maximum atomic E-state index is 12.8. The second kappa shape index (κ2) is 8.28. The summed E-state index contributed by atoms with van der Waals surface area (Å²) in [6, 6.07) is 10.2. The fraction of sp³-hybridized carbons (Fsp3) is 0.391. The predicted octanol–water partition coefficient (Wildman–Crippen LogP) is 4.14. The van der Waals surface area contributed by atoms with E-state index in [-0.39, 0.29) is 34.9 Å².